The van der Waals surface area contributed by atoms with Crippen molar-refractivity contribution >= 4 is 17.9 Å². The molecule has 0 saturated heterocycles. The molecule has 0 N–H and O–H groups in total. The fourth-order valence-corrected chi connectivity index (χ4v) is 8.44. The largest absolute Gasteiger partial charge is 0.462 e. The molecule has 0 aromatic heterocycles. The van der Waals surface area contributed by atoms with Crippen molar-refractivity contribution in [1.29, 1.82) is 0 Å². The predicted octanol–water partition coefficient (Wildman–Crippen LogP) is 20.9. The van der Waals surface area contributed by atoms with Crippen LogP contribution in [-0.2, 0) is 28.6 Å². The summed E-state index contributed by atoms with van der Waals surface area (Å²) in [6, 6.07) is 0. The molecular formula is C67H114O6. The molecule has 0 saturated carbocycles. The Morgan fingerprint density at radius 2 is 0.534 bits per heavy atom. The van der Waals surface area contributed by atoms with Crippen LogP contribution in [0.2, 0.25) is 0 Å². The fraction of sp³-hybridized carbons (Fsp3) is 0.716. The van der Waals surface area contributed by atoms with Gasteiger partial charge in [0.2, 0.25) is 0 Å². The van der Waals surface area contributed by atoms with Crippen LogP contribution >= 0.6 is 0 Å². The molecule has 6 heteroatoms. The Kier molecular flexibility index (Phi) is 57.8. The summed E-state index contributed by atoms with van der Waals surface area (Å²) in [5.74, 6) is -0.939. The molecule has 0 spiro atoms. The van der Waals surface area contributed by atoms with Crippen LogP contribution in [0.1, 0.15) is 290 Å². The summed E-state index contributed by atoms with van der Waals surface area (Å²) in [5, 5.41) is 0. The molecule has 0 aromatic carbocycles. The Balaban J connectivity index is 4.44. The van der Waals surface area contributed by atoms with E-state index in [4.69, 9.17) is 14.2 Å². The van der Waals surface area contributed by atoms with Gasteiger partial charge < -0.3 is 14.2 Å². The minimum absolute atomic E-state index is 0.0963. The van der Waals surface area contributed by atoms with E-state index in [9.17, 15) is 14.4 Å². The summed E-state index contributed by atoms with van der Waals surface area (Å²) in [6.07, 6.45) is 81.2. The van der Waals surface area contributed by atoms with Gasteiger partial charge >= 0.3 is 17.9 Å². The van der Waals surface area contributed by atoms with Gasteiger partial charge in [-0.25, -0.2) is 0 Å². The number of rotatable bonds is 55. The molecule has 0 fully saturated rings. The van der Waals surface area contributed by atoms with E-state index in [2.05, 4.69) is 118 Å². The molecule has 73 heavy (non-hydrogen) atoms. The van der Waals surface area contributed by atoms with E-state index in [-0.39, 0.29) is 37.5 Å². The standard InChI is InChI=1S/C67H114O6/c1-4-7-10-13-16-19-22-25-28-30-32-33-35-36-39-42-45-48-51-54-57-60-66(69)72-63-64(62-71-65(68)59-56-53-50-47-44-41-38-27-24-21-18-15-12-9-6-3)73-67(70)61-58-55-52-49-46-43-40-37-34-31-29-26-23-20-17-14-11-8-5-2/h9,12,17-18,20-21,25-29,34,37-38,43,46,64H,4-8,10-11,13-16,19,22-24,30-33,35-36,39-42,44-45,47-63H2,1-3H3/b12-9-,20-17-,21-18-,28-25-,29-26-,37-34-,38-27-,46-43-/t64-/m1/s1. The van der Waals surface area contributed by atoms with E-state index in [1.807, 2.05) is 0 Å². The second-order valence-corrected chi connectivity index (χ2v) is 20.2. The maximum absolute atomic E-state index is 12.9. The van der Waals surface area contributed by atoms with Gasteiger partial charge in [0.05, 0.1) is 0 Å². The molecule has 0 aliphatic rings. The van der Waals surface area contributed by atoms with Gasteiger partial charge in [0.25, 0.3) is 0 Å². The highest BCUT2D eigenvalue weighted by Crippen LogP contribution is 2.15. The third-order valence-electron chi connectivity index (χ3n) is 13.0. The van der Waals surface area contributed by atoms with E-state index in [1.165, 1.54) is 128 Å². The number of hydrogen-bond acceptors (Lipinski definition) is 6. The minimum atomic E-state index is -0.804. The second-order valence-electron chi connectivity index (χ2n) is 20.2. The molecule has 0 aliphatic heterocycles. The van der Waals surface area contributed by atoms with Gasteiger partial charge in [-0.1, -0.05) is 246 Å². The van der Waals surface area contributed by atoms with Crippen LogP contribution in [-0.4, -0.2) is 37.2 Å². The average Bonchev–Trinajstić information content (AvgIpc) is 3.39. The van der Waals surface area contributed by atoms with Crippen molar-refractivity contribution in [3.63, 3.8) is 0 Å². The lowest BCUT2D eigenvalue weighted by atomic mass is 10.0. The lowest BCUT2D eigenvalue weighted by molar-refractivity contribution is -0.167. The number of unbranched alkanes of at least 4 members (excludes halogenated alkanes) is 28. The number of carbonyl (C=O) groups excluding carboxylic acids is 3. The van der Waals surface area contributed by atoms with Crippen LogP contribution in [0.5, 0.6) is 0 Å². The zero-order valence-corrected chi connectivity index (χ0v) is 47.9. The molecule has 0 bridgehead atoms. The zero-order chi connectivity index (χ0) is 52.9. The average molecular weight is 1020 g/mol. The Labute approximate surface area is 451 Å². The van der Waals surface area contributed by atoms with Gasteiger partial charge in [0.15, 0.2) is 6.10 Å². The van der Waals surface area contributed by atoms with Gasteiger partial charge in [0, 0.05) is 19.3 Å². The Morgan fingerprint density at radius 1 is 0.288 bits per heavy atom. The summed E-state index contributed by atoms with van der Waals surface area (Å²) in [7, 11) is 0. The lowest BCUT2D eigenvalue weighted by Gasteiger charge is -2.18. The summed E-state index contributed by atoms with van der Waals surface area (Å²) in [5.41, 5.74) is 0. The van der Waals surface area contributed by atoms with Crippen LogP contribution in [0.3, 0.4) is 0 Å². The Bertz CT molecular complexity index is 1440. The van der Waals surface area contributed by atoms with Gasteiger partial charge in [-0.2, -0.15) is 0 Å². The van der Waals surface area contributed by atoms with Crippen LogP contribution in [0, 0.1) is 0 Å². The summed E-state index contributed by atoms with van der Waals surface area (Å²) in [4.78, 5) is 38.3. The highest BCUT2D eigenvalue weighted by atomic mass is 16.6. The highest BCUT2D eigenvalue weighted by molar-refractivity contribution is 5.71. The zero-order valence-electron chi connectivity index (χ0n) is 47.9. The first-order chi connectivity index (χ1) is 36.0. The number of allylic oxidation sites excluding steroid dienone is 16. The molecule has 6 nitrogen and oxygen atoms in total. The summed E-state index contributed by atoms with van der Waals surface area (Å²) >= 11 is 0. The number of hydrogen-bond donors (Lipinski definition) is 0. The van der Waals surface area contributed by atoms with Crippen LogP contribution in [0.25, 0.3) is 0 Å². The van der Waals surface area contributed by atoms with E-state index >= 15 is 0 Å². The van der Waals surface area contributed by atoms with Crippen molar-refractivity contribution in [3.05, 3.63) is 97.2 Å². The van der Waals surface area contributed by atoms with Crippen molar-refractivity contribution in [2.45, 2.75) is 297 Å². The third-order valence-corrected chi connectivity index (χ3v) is 13.0. The Hall–Kier alpha value is -3.67. The molecule has 0 radical (unpaired) electrons. The monoisotopic (exact) mass is 1010 g/mol. The molecule has 0 amide bonds. The smallest absolute Gasteiger partial charge is 0.306 e. The molecule has 0 aliphatic carbocycles. The van der Waals surface area contributed by atoms with Crippen LogP contribution in [0.15, 0.2) is 97.2 Å². The fourth-order valence-electron chi connectivity index (χ4n) is 8.44. The SMILES string of the molecule is CC/C=C\C/C=C\C/C=C\CCCCCCCC(=O)OC[C@H](COC(=O)CCCCCCCCCCCCC/C=C\CCCCCCCC)OC(=O)CCCCC/C=C\C/C=C\C/C=C\C/C=C\CCCCC. The quantitative estimate of drug-likeness (QED) is 0.0261. The molecule has 418 valence electrons. The second kappa shape index (κ2) is 60.9. The number of carbonyl (C=O) groups is 3. The van der Waals surface area contributed by atoms with Crippen LogP contribution < -0.4 is 0 Å². The molecule has 0 heterocycles. The first-order valence-electron chi connectivity index (χ1n) is 30.7. The first-order valence-corrected chi connectivity index (χ1v) is 30.7. The van der Waals surface area contributed by atoms with Gasteiger partial charge in [-0.3, -0.25) is 14.4 Å². The normalized spacial score (nSPS) is 12.8. The molecule has 0 aromatic rings. The highest BCUT2D eigenvalue weighted by Gasteiger charge is 2.19. The topological polar surface area (TPSA) is 78.9 Å². The van der Waals surface area contributed by atoms with E-state index in [0.717, 1.165) is 122 Å². The molecule has 1 atom stereocenters. The lowest BCUT2D eigenvalue weighted by Crippen LogP contribution is -2.30. The van der Waals surface area contributed by atoms with Crippen molar-refractivity contribution < 1.29 is 28.6 Å². The van der Waals surface area contributed by atoms with Gasteiger partial charge in [-0.05, 0) is 122 Å². The van der Waals surface area contributed by atoms with Crippen molar-refractivity contribution in [2.24, 2.45) is 0 Å². The Morgan fingerprint density at radius 3 is 0.890 bits per heavy atom. The summed E-state index contributed by atoms with van der Waals surface area (Å²) in [6.45, 7) is 6.47. The van der Waals surface area contributed by atoms with Crippen molar-refractivity contribution in [2.75, 3.05) is 13.2 Å². The van der Waals surface area contributed by atoms with E-state index < -0.39 is 6.10 Å². The maximum Gasteiger partial charge on any atom is 0.306 e. The van der Waals surface area contributed by atoms with E-state index in [1.54, 1.807) is 0 Å². The maximum atomic E-state index is 12.9. The molecule has 0 unspecified atom stereocenters. The third kappa shape index (κ3) is 59.1. The summed E-state index contributed by atoms with van der Waals surface area (Å²) < 4.78 is 16.9. The predicted molar refractivity (Wildman–Crippen MR) is 316 cm³/mol. The minimum Gasteiger partial charge on any atom is -0.462 e. The van der Waals surface area contributed by atoms with E-state index in [0.29, 0.717) is 12.8 Å². The van der Waals surface area contributed by atoms with Gasteiger partial charge in [-0.15, -0.1) is 0 Å². The van der Waals surface area contributed by atoms with Crippen LogP contribution in [0.4, 0.5) is 0 Å². The number of ether oxygens (including phenoxy) is 3. The molecular weight excluding hydrogens is 901 g/mol. The molecule has 0 rings (SSSR count). The number of esters is 3. The van der Waals surface area contributed by atoms with Gasteiger partial charge in [0.1, 0.15) is 13.2 Å². The van der Waals surface area contributed by atoms with Crippen molar-refractivity contribution in [1.82, 2.24) is 0 Å². The van der Waals surface area contributed by atoms with Crippen molar-refractivity contribution in [3.8, 4) is 0 Å². The first kappa shape index (κ1) is 69.3.